The number of aromatic amines is 1. The van der Waals surface area contributed by atoms with Crippen LogP contribution in [0.25, 0.3) is 0 Å². The van der Waals surface area contributed by atoms with E-state index in [0.717, 1.165) is 5.56 Å². The zero-order chi connectivity index (χ0) is 14.5. The molecule has 5 nitrogen and oxygen atoms in total. The highest BCUT2D eigenvalue weighted by Crippen LogP contribution is 2.23. The van der Waals surface area contributed by atoms with E-state index in [4.69, 9.17) is 28.3 Å². The molecule has 1 aromatic carbocycles. The summed E-state index contributed by atoms with van der Waals surface area (Å²) < 4.78 is 0. The van der Waals surface area contributed by atoms with Crippen LogP contribution in [-0.2, 0) is 6.54 Å². The van der Waals surface area contributed by atoms with Gasteiger partial charge in [-0.1, -0.05) is 29.3 Å². The topological polar surface area (TPSA) is 69.2 Å². The Labute approximate surface area is 126 Å². The molecule has 0 saturated heterocycles. The van der Waals surface area contributed by atoms with Crippen molar-refractivity contribution in [2.75, 3.05) is 13.2 Å². The summed E-state index contributed by atoms with van der Waals surface area (Å²) in [5, 5.41) is 16.3. The molecule has 2 rings (SSSR count). The monoisotopic (exact) mass is 313 g/mol. The van der Waals surface area contributed by atoms with Gasteiger partial charge in [-0.2, -0.15) is 5.10 Å². The molecule has 0 aliphatic carbocycles. The van der Waals surface area contributed by atoms with Crippen LogP contribution in [0, 0.1) is 0 Å². The second-order valence-electron chi connectivity index (χ2n) is 4.17. The molecule has 0 radical (unpaired) electrons. The van der Waals surface area contributed by atoms with Crippen molar-refractivity contribution < 1.29 is 9.90 Å². The molecule has 0 aliphatic heterocycles. The minimum absolute atomic E-state index is 0.124. The third-order valence-electron chi connectivity index (χ3n) is 2.75. The van der Waals surface area contributed by atoms with Gasteiger partial charge in [-0.05, 0) is 23.8 Å². The molecule has 1 amide bonds. The van der Waals surface area contributed by atoms with Gasteiger partial charge in [0.15, 0.2) is 0 Å². The van der Waals surface area contributed by atoms with Crippen LogP contribution in [0.15, 0.2) is 30.5 Å². The smallest absolute Gasteiger partial charge is 0.272 e. The number of nitrogens with one attached hydrogen (secondary N) is 1. The Morgan fingerprint density at radius 2 is 2.10 bits per heavy atom. The zero-order valence-corrected chi connectivity index (χ0v) is 12.0. The summed E-state index contributed by atoms with van der Waals surface area (Å²) in [4.78, 5) is 13.7. The Balaban J connectivity index is 2.16. The Morgan fingerprint density at radius 3 is 2.70 bits per heavy atom. The average molecular weight is 314 g/mol. The van der Waals surface area contributed by atoms with E-state index < -0.39 is 0 Å². The molecule has 20 heavy (non-hydrogen) atoms. The van der Waals surface area contributed by atoms with Gasteiger partial charge < -0.3 is 10.0 Å². The normalized spacial score (nSPS) is 10.6. The van der Waals surface area contributed by atoms with E-state index in [9.17, 15) is 4.79 Å². The number of H-pyrrole nitrogens is 1. The van der Waals surface area contributed by atoms with Crippen molar-refractivity contribution in [3.05, 3.63) is 51.8 Å². The van der Waals surface area contributed by atoms with Crippen LogP contribution in [-0.4, -0.2) is 39.3 Å². The number of aliphatic hydroxyl groups is 1. The molecule has 0 atom stereocenters. The second kappa shape index (κ2) is 6.74. The van der Waals surface area contributed by atoms with E-state index >= 15 is 0 Å². The van der Waals surface area contributed by atoms with Gasteiger partial charge in [0.1, 0.15) is 5.69 Å². The molecule has 1 heterocycles. The number of aromatic nitrogens is 2. The Morgan fingerprint density at radius 1 is 1.30 bits per heavy atom. The van der Waals surface area contributed by atoms with Gasteiger partial charge in [0, 0.05) is 19.3 Å². The van der Waals surface area contributed by atoms with Crippen LogP contribution in [0.5, 0.6) is 0 Å². The van der Waals surface area contributed by atoms with Crippen molar-refractivity contribution in [2.24, 2.45) is 0 Å². The first-order chi connectivity index (χ1) is 9.61. The molecule has 0 saturated carbocycles. The van der Waals surface area contributed by atoms with Gasteiger partial charge in [0.2, 0.25) is 0 Å². The molecule has 2 N–H and O–H groups in total. The first-order valence-electron chi connectivity index (χ1n) is 5.95. The summed E-state index contributed by atoms with van der Waals surface area (Å²) in [6.45, 7) is 0.425. The number of hydrogen-bond donors (Lipinski definition) is 2. The standard InChI is InChI=1S/C13H13Cl2N3O2/c14-10-2-1-9(7-11(10)15)8-18(5-6-19)13(20)12-3-4-16-17-12/h1-4,7,19H,5-6,8H2,(H,16,17). The number of halogens is 2. The Bertz CT molecular complexity index is 587. The highest BCUT2D eigenvalue weighted by Gasteiger charge is 2.17. The number of carbonyl (C=O) groups excluding carboxylic acids is 1. The van der Waals surface area contributed by atoms with E-state index in [-0.39, 0.29) is 19.1 Å². The summed E-state index contributed by atoms with van der Waals surface area (Å²) in [5.74, 6) is -0.234. The molecule has 0 unspecified atom stereocenters. The predicted octanol–water partition coefficient (Wildman–Crippen LogP) is 2.35. The van der Waals surface area contributed by atoms with E-state index in [1.54, 1.807) is 24.3 Å². The fraction of sp³-hybridized carbons (Fsp3) is 0.231. The van der Waals surface area contributed by atoms with E-state index in [0.29, 0.717) is 22.3 Å². The number of nitrogens with zero attached hydrogens (tertiary/aromatic N) is 2. The Kier molecular flexibility index (Phi) is 5.00. The number of rotatable bonds is 5. The lowest BCUT2D eigenvalue weighted by molar-refractivity contribution is 0.0702. The summed E-state index contributed by atoms with van der Waals surface area (Å²) in [6, 6.07) is 6.76. The van der Waals surface area contributed by atoms with Crippen LogP contribution >= 0.6 is 23.2 Å². The van der Waals surface area contributed by atoms with Crippen molar-refractivity contribution in [1.82, 2.24) is 15.1 Å². The lowest BCUT2D eigenvalue weighted by Crippen LogP contribution is -2.33. The number of carbonyl (C=O) groups is 1. The minimum atomic E-state index is -0.234. The average Bonchev–Trinajstić information content (AvgIpc) is 2.95. The van der Waals surface area contributed by atoms with Gasteiger partial charge in [0.05, 0.1) is 16.7 Å². The Hall–Kier alpha value is -1.56. The zero-order valence-electron chi connectivity index (χ0n) is 10.5. The van der Waals surface area contributed by atoms with Gasteiger partial charge in [-0.15, -0.1) is 0 Å². The summed E-state index contributed by atoms with van der Waals surface area (Å²) in [6.07, 6.45) is 1.50. The molecule has 0 fully saturated rings. The minimum Gasteiger partial charge on any atom is -0.395 e. The molecule has 1 aromatic heterocycles. The highest BCUT2D eigenvalue weighted by molar-refractivity contribution is 6.42. The maximum Gasteiger partial charge on any atom is 0.272 e. The van der Waals surface area contributed by atoms with E-state index in [1.165, 1.54) is 11.1 Å². The predicted molar refractivity (Wildman–Crippen MR) is 76.9 cm³/mol. The van der Waals surface area contributed by atoms with E-state index in [2.05, 4.69) is 10.2 Å². The number of benzene rings is 1. The molecule has 0 spiro atoms. The van der Waals surface area contributed by atoms with Crippen molar-refractivity contribution in [2.45, 2.75) is 6.54 Å². The lowest BCUT2D eigenvalue weighted by atomic mass is 10.2. The number of aliphatic hydroxyl groups excluding tert-OH is 1. The van der Waals surface area contributed by atoms with Crippen molar-refractivity contribution in [3.8, 4) is 0 Å². The molecule has 7 heteroatoms. The van der Waals surface area contributed by atoms with Crippen molar-refractivity contribution >= 4 is 29.1 Å². The van der Waals surface area contributed by atoms with Crippen molar-refractivity contribution in [1.29, 1.82) is 0 Å². The summed E-state index contributed by atoms with van der Waals surface area (Å²) >= 11 is 11.8. The molecular weight excluding hydrogens is 301 g/mol. The molecule has 0 aliphatic rings. The molecule has 0 bridgehead atoms. The second-order valence-corrected chi connectivity index (χ2v) is 4.98. The van der Waals surface area contributed by atoms with E-state index in [1.807, 2.05) is 0 Å². The summed E-state index contributed by atoms with van der Waals surface area (Å²) in [5.41, 5.74) is 1.21. The maximum absolute atomic E-state index is 12.2. The van der Waals surface area contributed by atoms with Crippen molar-refractivity contribution in [3.63, 3.8) is 0 Å². The van der Waals surface area contributed by atoms with Crippen LogP contribution in [0.1, 0.15) is 16.1 Å². The maximum atomic E-state index is 12.2. The van der Waals surface area contributed by atoms with Crippen LogP contribution in [0.3, 0.4) is 0 Å². The fourth-order valence-corrected chi connectivity index (χ4v) is 2.10. The molecule has 2 aromatic rings. The first-order valence-corrected chi connectivity index (χ1v) is 6.71. The number of amides is 1. The third kappa shape index (κ3) is 3.50. The highest BCUT2D eigenvalue weighted by atomic mass is 35.5. The SMILES string of the molecule is O=C(c1ccn[nH]1)N(CCO)Cc1ccc(Cl)c(Cl)c1. The lowest BCUT2D eigenvalue weighted by Gasteiger charge is -2.21. The quantitative estimate of drug-likeness (QED) is 0.890. The van der Waals surface area contributed by atoms with Gasteiger partial charge in [-0.25, -0.2) is 0 Å². The van der Waals surface area contributed by atoms with Gasteiger partial charge in [0.25, 0.3) is 5.91 Å². The molecule has 106 valence electrons. The first kappa shape index (κ1) is 14.8. The fourth-order valence-electron chi connectivity index (χ4n) is 1.78. The van der Waals surface area contributed by atoms with Crippen LogP contribution < -0.4 is 0 Å². The van der Waals surface area contributed by atoms with Crippen LogP contribution in [0.2, 0.25) is 10.0 Å². The number of hydrogen-bond acceptors (Lipinski definition) is 3. The third-order valence-corrected chi connectivity index (χ3v) is 3.48. The molecular formula is C13H13Cl2N3O2. The van der Waals surface area contributed by atoms with Gasteiger partial charge in [-0.3, -0.25) is 9.89 Å². The largest absolute Gasteiger partial charge is 0.395 e. The van der Waals surface area contributed by atoms with Crippen LogP contribution in [0.4, 0.5) is 0 Å². The summed E-state index contributed by atoms with van der Waals surface area (Å²) in [7, 11) is 0. The van der Waals surface area contributed by atoms with Gasteiger partial charge >= 0.3 is 0 Å².